The van der Waals surface area contributed by atoms with E-state index in [1.165, 1.54) is 12.5 Å². The van der Waals surface area contributed by atoms with Crippen LogP contribution in [0.1, 0.15) is 18.9 Å². The maximum absolute atomic E-state index is 11.9. The molecular formula is C14H18N2O2. The summed E-state index contributed by atoms with van der Waals surface area (Å²) in [5.74, 6) is 0.299. The summed E-state index contributed by atoms with van der Waals surface area (Å²) in [7, 11) is 0. The van der Waals surface area contributed by atoms with Crippen LogP contribution in [0.2, 0.25) is 0 Å². The monoisotopic (exact) mass is 246 g/mol. The number of rotatable bonds is 3. The molecule has 1 aromatic rings. The zero-order valence-electron chi connectivity index (χ0n) is 10.8. The molecule has 96 valence electrons. The summed E-state index contributed by atoms with van der Waals surface area (Å²) in [6.07, 6.45) is 0.508. The Labute approximate surface area is 107 Å². The van der Waals surface area contributed by atoms with Gasteiger partial charge in [-0.1, -0.05) is 17.7 Å². The molecule has 0 unspecified atom stereocenters. The van der Waals surface area contributed by atoms with Gasteiger partial charge in [-0.2, -0.15) is 0 Å². The number of nitrogens with one attached hydrogen (secondary N) is 1. The van der Waals surface area contributed by atoms with Crippen LogP contribution in [0.3, 0.4) is 0 Å². The molecule has 0 spiro atoms. The van der Waals surface area contributed by atoms with Crippen LogP contribution in [0.4, 0.5) is 5.69 Å². The highest BCUT2D eigenvalue weighted by molar-refractivity contribution is 5.95. The Morgan fingerprint density at radius 2 is 2.06 bits per heavy atom. The van der Waals surface area contributed by atoms with Crippen molar-refractivity contribution in [2.75, 3.05) is 18.0 Å². The third kappa shape index (κ3) is 2.88. The van der Waals surface area contributed by atoms with Gasteiger partial charge in [0.05, 0.1) is 0 Å². The van der Waals surface area contributed by atoms with Gasteiger partial charge in [0.15, 0.2) is 0 Å². The van der Waals surface area contributed by atoms with E-state index in [1.807, 2.05) is 31.2 Å². The van der Waals surface area contributed by atoms with Crippen LogP contribution >= 0.6 is 0 Å². The SMILES string of the molecule is CC(=O)NC[C@H]1CC(=O)N(c2ccc(C)cc2)C1. The number of benzene rings is 1. The number of hydrogen-bond acceptors (Lipinski definition) is 2. The molecule has 2 amide bonds. The fraction of sp³-hybridized carbons (Fsp3) is 0.429. The summed E-state index contributed by atoms with van der Waals surface area (Å²) in [6, 6.07) is 7.94. The predicted octanol–water partition coefficient (Wildman–Crippen LogP) is 1.48. The molecule has 0 bridgehead atoms. The molecule has 4 heteroatoms. The van der Waals surface area contributed by atoms with Crippen molar-refractivity contribution in [1.82, 2.24) is 5.32 Å². The molecule has 0 saturated carbocycles. The van der Waals surface area contributed by atoms with Crippen LogP contribution in [0, 0.1) is 12.8 Å². The summed E-state index contributed by atoms with van der Waals surface area (Å²) in [5.41, 5.74) is 2.12. The lowest BCUT2D eigenvalue weighted by Gasteiger charge is -2.17. The summed E-state index contributed by atoms with van der Waals surface area (Å²) in [4.78, 5) is 24.6. The molecule has 2 rings (SSSR count). The van der Waals surface area contributed by atoms with Crippen molar-refractivity contribution in [1.29, 1.82) is 0 Å². The molecule has 0 aromatic heterocycles. The van der Waals surface area contributed by atoms with E-state index >= 15 is 0 Å². The van der Waals surface area contributed by atoms with Gasteiger partial charge in [-0.05, 0) is 19.1 Å². The van der Waals surface area contributed by atoms with Gasteiger partial charge >= 0.3 is 0 Å². The number of hydrogen-bond donors (Lipinski definition) is 1. The van der Waals surface area contributed by atoms with Crippen LogP contribution in [-0.2, 0) is 9.59 Å². The van der Waals surface area contributed by atoms with Gasteiger partial charge in [-0.15, -0.1) is 0 Å². The first-order valence-corrected chi connectivity index (χ1v) is 6.17. The lowest BCUT2D eigenvalue weighted by molar-refractivity contribution is -0.120. The molecule has 4 nitrogen and oxygen atoms in total. The molecule has 1 N–H and O–H groups in total. The Balaban J connectivity index is 2.00. The van der Waals surface area contributed by atoms with E-state index in [4.69, 9.17) is 0 Å². The average Bonchev–Trinajstić information content (AvgIpc) is 2.69. The van der Waals surface area contributed by atoms with Gasteiger partial charge in [0.1, 0.15) is 0 Å². The van der Waals surface area contributed by atoms with E-state index < -0.39 is 0 Å². The first kappa shape index (κ1) is 12.6. The van der Waals surface area contributed by atoms with E-state index in [9.17, 15) is 9.59 Å². The molecule has 0 radical (unpaired) electrons. The van der Waals surface area contributed by atoms with Gasteiger partial charge in [-0.3, -0.25) is 9.59 Å². The van der Waals surface area contributed by atoms with Crippen molar-refractivity contribution in [2.45, 2.75) is 20.3 Å². The van der Waals surface area contributed by atoms with Crippen molar-refractivity contribution in [3.63, 3.8) is 0 Å². The lowest BCUT2D eigenvalue weighted by atomic mass is 10.1. The molecule has 1 atom stereocenters. The van der Waals surface area contributed by atoms with Crippen molar-refractivity contribution in [3.05, 3.63) is 29.8 Å². The molecule has 1 fully saturated rings. The maximum atomic E-state index is 11.9. The third-order valence-corrected chi connectivity index (χ3v) is 3.19. The second kappa shape index (κ2) is 5.21. The minimum Gasteiger partial charge on any atom is -0.356 e. The van der Waals surface area contributed by atoms with Crippen LogP contribution in [0.15, 0.2) is 24.3 Å². The van der Waals surface area contributed by atoms with Gasteiger partial charge < -0.3 is 10.2 Å². The van der Waals surface area contributed by atoms with Crippen molar-refractivity contribution < 1.29 is 9.59 Å². The van der Waals surface area contributed by atoms with E-state index in [-0.39, 0.29) is 17.7 Å². The van der Waals surface area contributed by atoms with Crippen molar-refractivity contribution >= 4 is 17.5 Å². The standard InChI is InChI=1S/C14H18N2O2/c1-10-3-5-13(6-4-10)16-9-12(7-14(16)18)8-15-11(2)17/h3-6,12H,7-9H2,1-2H3,(H,15,17)/t12-/m1/s1. The number of aryl methyl sites for hydroxylation is 1. The van der Waals surface area contributed by atoms with Crippen LogP contribution < -0.4 is 10.2 Å². The number of carbonyl (C=O) groups excluding carboxylic acids is 2. The van der Waals surface area contributed by atoms with Gasteiger partial charge in [0, 0.05) is 38.0 Å². The normalized spacial score (nSPS) is 19.1. The smallest absolute Gasteiger partial charge is 0.227 e. The molecule has 1 heterocycles. The Hall–Kier alpha value is -1.84. The van der Waals surface area contributed by atoms with Gasteiger partial charge in [-0.25, -0.2) is 0 Å². The van der Waals surface area contributed by atoms with Crippen LogP contribution in [0.5, 0.6) is 0 Å². The van der Waals surface area contributed by atoms with Crippen LogP contribution in [0.25, 0.3) is 0 Å². The highest BCUT2D eigenvalue weighted by Gasteiger charge is 2.30. The number of amides is 2. The second-order valence-corrected chi connectivity index (χ2v) is 4.85. The van der Waals surface area contributed by atoms with Crippen molar-refractivity contribution in [2.24, 2.45) is 5.92 Å². The quantitative estimate of drug-likeness (QED) is 0.878. The summed E-state index contributed by atoms with van der Waals surface area (Å²) >= 11 is 0. The van der Waals surface area contributed by atoms with Gasteiger partial charge in [0.2, 0.25) is 11.8 Å². The number of nitrogens with zero attached hydrogens (tertiary/aromatic N) is 1. The second-order valence-electron chi connectivity index (χ2n) is 4.85. The zero-order chi connectivity index (χ0) is 13.1. The molecule has 1 aromatic carbocycles. The highest BCUT2D eigenvalue weighted by atomic mass is 16.2. The number of anilines is 1. The lowest BCUT2D eigenvalue weighted by Crippen LogP contribution is -2.29. The molecule has 1 saturated heterocycles. The predicted molar refractivity (Wildman–Crippen MR) is 70.3 cm³/mol. The summed E-state index contributed by atoms with van der Waals surface area (Å²) < 4.78 is 0. The average molecular weight is 246 g/mol. The van der Waals surface area contributed by atoms with Crippen molar-refractivity contribution in [3.8, 4) is 0 Å². The minimum absolute atomic E-state index is 0.0452. The Kier molecular flexibility index (Phi) is 3.65. The Morgan fingerprint density at radius 3 is 2.67 bits per heavy atom. The first-order valence-electron chi connectivity index (χ1n) is 6.17. The Morgan fingerprint density at radius 1 is 1.39 bits per heavy atom. The fourth-order valence-corrected chi connectivity index (χ4v) is 2.18. The number of carbonyl (C=O) groups is 2. The molecular weight excluding hydrogens is 228 g/mol. The Bertz CT molecular complexity index is 453. The zero-order valence-corrected chi connectivity index (χ0v) is 10.8. The third-order valence-electron chi connectivity index (χ3n) is 3.19. The minimum atomic E-state index is -0.0452. The maximum Gasteiger partial charge on any atom is 0.227 e. The van der Waals surface area contributed by atoms with E-state index in [1.54, 1.807) is 4.90 Å². The summed E-state index contributed by atoms with van der Waals surface area (Å²) in [6.45, 7) is 4.77. The van der Waals surface area contributed by atoms with Crippen LogP contribution in [-0.4, -0.2) is 24.9 Å². The first-order chi connectivity index (χ1) is 8.56. The molecule has 0 aliphatic carbocycles. The van der Waals surface area contributed by atoms with E-state index in [0.29, 0.717) is 19.5 Å². The fourth-order valence-electron chi connectivity index (χ4n) is 2.18. The van der Waals surface area contributed by atoms with Gasteiger partial charge in [0.25, 0.3) is 0 Å². The largest absolute Gasteiger partial charge is 0.356 e. The molecule has 1 aliphatic heterocycles. The molecule has 1 aliphatic rings. The highest BCUT2D eigenvalue weighted by Crippen LogP contribution is 2.24. The topological polar surface area (TPSA) is 49.4 Å². The summed E-state index contributed by atoms with van der Waals surface area (Å²) in [5, 5.41) is 2.77. The molecule has 18 heavy (non-hydrogen) atoms. The van der Waals surface area contributed by atoms with E-state index in [0.717, 1.165) is 5.69 Å². The van der Waals surface area contributed by atoms with E-state index in [2.05, 4.69) is 5.32 Å².